The van der Waals surface area contributed by atoms with E-state index in [1.165, 1.54) is 0 Å². The average molecular weight is 431 g/mol. The number of piperidine rings is 1. The molecule has 0 saturated carbocycles. The van der Waals surface area contributed by atoms with E-state index in [0.717, 1.165) is 48.6 Å². The van der Waals surface area contributed by atoms with Crippen molar-refractivity contribution in [3.63, 3.8) is 0 Å². The molecule has 0 aliphatic carbocycles. The number of nitrogens with zero attached hydrogens (tertiary/aromatic N) is 2. The van der Waals surface area contributed by atoms with Gasteiger partial charge in [-0.25, -0.2) is 0 Å². The second-order valence-corrected chi connectivity index (χ2v) is 7.74. The molecule has 3 rings (SSSR count). The maximum atomic E-state index is 13.0. The summed E-state index contributed by atoms with van der Waals surface area (Å²) in [6.07, 6.45) is 5.77. The van der Waals surface area contributed by atoms with Crippen LogP contribution in [0.4, 0.5) is 5.69 Å². The Morgan fingerprint density at radius 2 is 1.94 bits per heavy atom. The molecule has 166 valence electrons. The van der Waals surface area contributed by atoms with Crippen LogP contribution in [-0.4, -0.2) is 39.2 Å². The molecule has 1 amide bonds. The topological polar surface area (TPSA) is 77.4 Å². The Morgan fingerprint density at radius 1 is 1.22 bits per heavy atom. The maximum Gasteiger partial charge on any atom is 0.251 e. The van der Waals surface area contributed by atoms with Crippen molar-refractivity contribution in [1.29, 1.82) is 5.26 Å². The molecular weight excluding hydrogens is 400 g/mol. The van der Waals surface area contributed by atoms with Gasteiger partial charge in [0.25, 0.3) is 5.91 Å². The molecule has 1 unspecified atom stereocenters. The number of methoxy groups -OCH3 is 1. The molecule has 32 heavy (non-hydrogen) atoms. The Balaban J connectivity index is 1.94. The molecule has 1 fully saturated rings. The lowest BCUT2D eigenvalue weighted by Crippen LogP contribution is -2.45. The number of carbonyl (C=O) groups is 1. The first-order chi connectivity index (χ1) is 15.5. The Bertz CT molecular complexity index is 1010. The van der Waals surface area contributed by atoms with Crippen molar-refractivity contribution in [3.05, 3.63) is 77.4 Å². The van der Waals surface area contributed by atoms with Gasteiger partial charge in [0.05, 0.1) is 18.7 Å². The van der Waals surface area contributed by atoms with Gasteiger partial charge in [-0.3, -0.25) is 4.79 Å². The van der Waals surface area contributed by atoms with Gasteiger partial charge in [-0.05, 0) is 74.3 Å². The minimum absolute atomic E-state index is 0.0875. The Morgan fingerprint density at radius 3 is 2.50 bits per heavy atom. The predicted molar refractivity (Wildman–Crippen MR) is 128 cm³/mol. The summed E-state index contributed by atoms with van der Waals surface area (Å²) < 4.78 is 5.27. The number of amides is 1. The van der Waals surface area contributed by atoms with E-state index in [9.17, 15) is 4.79 Å². The highest BCUT2D eigenvalue weighted by Gasteiger charge is 2.18. The number of anilines is 1. The van der Waals surface area contributed by atoms with Gasteiger partial charge in [-0.1, -0.05) is 18.2 Å². The van der Waals surface area contributed by atoms with Crippen LogP contribution < -0.4 is 20.3 Å². The molecule has 0 radical (unpaired) electrons. The van der Waals surface area contributed by atoms with Gasteiger partial charge in [-0.15, -0.1) is 0 Å². The number of ether oxygens (including phenoxy) is 1. The quantitative estimate of drug-likeness (QED) is 0.515. The van der Waals surface area contributed by atoms with E-state index in [4.69, 9.17) is 10.00 Å². The third-order valence-electron chi connectivity index (χ3n) is 5.63. The third kappa shape index (κ3) is 5.77. The van der Waals surface area contributed by atoms with Crippen molar-refractivity contribution in [2.45, 2.75) is 25.8 Å². The number of carbonyl (C=O) groups excluding carboxylic acids is 1. The summed E-state index contributed by atoms with van der Waals surface area (Å²) in [5, 5.41) is 15.6. The zero-order valence-electron chi connectivity index (χ0n) is 18.9. The summed E-state index contributed by atoms with van der Waals surface area (Å²) in [4.78, 5) is 15.1. The SMILES string of the molecule is C/C=C(\C=C(\c1ccc(C#N)cc1)N(C)c1ccc(OC)cc1)C(=O)NC1CCCNC1. The predicted octanol–water partition coefficient (Wildman–Crippen LogP) is 3.86. The highest BCUT2D eigenvalue weighted by Crippen LogP contribution is 2.28. The van der Waals surface area contributed by atoms with Crippen molar-refractivity contribution in [3.8, 4) is 11.8 Å². The van der Waals surface area contributed by atoms with Crippen LogP contribution in [0, 0.1) is 11.3 Å². The van der Waals surface area contributed by atoms with Crippen LogP contribution in [0.15, 0.2) is 66.3 Å². The van der Waals surface area contributed by atoms with Gasteiger partial charge >= 0.3 is 0 Å². The molecule has 2 aromatic rings. The number of allylic oxidation sites excluding steroid dienone is 1. The van der Waals surface area contributed by atoms with Gasteiger partial charge in [0.2, 0.25) is 0 Å². The molecule has 0 spiro atoms. The van der Waals surface area contributed by atoms with Crippen LogP contribution in [-0.2, 0) is 4.79 Å². The van der Waals surface area contributed by atoms with Crippen molar-refractivity contribution in [2.24, 2.45) is 0 Å². The maximum absolute atomic E-state index is 13.0. The molecule has 2 aromatic carbocycles. The summed E-state index contributed by atoms with van der Waals surface area (Å²) in [6, 6.07) is 17.4. The average Bonchev–Trinajstić information content (AvgIpc) is 2.85. The zero-order chi connectivity index (χ0) is 22.9. The standard InChI is InChI=1S/C26H30N4O2/c1-4-20(26(31)29-22-6-5-15-28-18-22)16-25(21-9-7-19(17-27)8-10-21)30(2)23-11-13-24(32-3)14-12-23/h4,7-14,16,22,28H,5-6,15,18H2,1-3H3,(H,29,31)/b20-4+,25-16-. The fraction of sp³-hybridized carbons (Fsp3) is 0.308. The van der Waals surface area contributed by atoms with Crippen molar-refractivity contribution in [1.82, 2.24) is 10.6 Å². The summed E-state index contributed by atoms with van der Waals surface area (Å²) in [5.74, 6) is 0.691. The first-order valence-corrected chi connectivity index (χ1v) is 10.8. The molecular formula is C26H30N4O2. The first kappa shape index (κ1) is 23.1. The number of rotatable bonds is 7. The van der Waals surface area contributed by atoms with Gasteiger partial charge in [0.15, 0.2) is 0 Å². The van der Waals surface area contributed by atoms with E-state index < -0.39 is 0 Å². The van der Waals surface area contributed by atoms with E-state index in [-0.39, 0.29) is 11.9 Å². The molecule has 1 saturated heterocycles. The normalized spacial score (nSPS) is 16.8. The van der Waals surface area contributed by atoms with Gasteiger partial charge in [0.1, 0.15) is 5.75 Å². The van der Waals surface area contributed by atoms with Crippen LogP contribution in [0.25, 0.3) is 5.70 Å². The summed E-state index contributed by atoms with van der Waals surface area (Å²) in [7, 11) is 3.60. The molecule has 6 heteroatoms. The molecule has 2 N–H and O–H groups in total. The monoisotopic (exact) mass is 430 g/mol. The van der Waals surface area contributed by atoms with Crippen molar-refractivity contribution >= 4 is 17.3 Å². The second-order valence-electron chi connectivity index (χ2n) is 7.74. The van der Waals surface area contributed by atoms with Crippen molar-refractivity contribution in [2.75, 3.05) is 32.1 Å². The van der Waals surface area contributed by atoms with E-state index in [1.807, 2.05) is 67.4 Å². The molecule has 1 aliphatic rings. The second kappa shape index (κ2) is 11.2. The zero-order valence-corrected chi connectivity index (χ0v) is 18.9. The van der Waals surface area contributed by atoms with Gasteiger partial charge in [-0.2, -0.15) is 5.26 Å². The number of hydrogen-bond acceptors (Lipinski definition) is 5. The van der Waals surface area contributed by atoms with Gasteiger partial charge in [0, 0.05) is 36.6 Å². The smallest absolute Gasteiger partial charge is 0.251 e. The number of benzene rings is 2. The number of nitrogens with one attached hydrogen (secondary N) is 2. The largest absolute Gasteiger partial charge is 0.497 e. The van der Waals surface area contributed by atoms with Crippen LogP contribution >= 0.6 is 0 Å². The third-order valence-corrected chi connectivity index (χ3v) is 5.63. The highest BCUT2D eigenvalue weighted by atomic mass is 16.5. The highest BCUT2D eigenvalue weighted by molar-refractivity contribution is 5.99. The number of nitriles is 1. The van der Waals surface area contributed by atoms with Crippen LogP contribution in [0.2, 0.25) is 0 Å². The van der Waals surface area contributed by atoms with Crippen LogP contribution in [0.1, 0.15) is 30.9 Å². The fourth-order valence-corrected chi connectivity index (χ4v) is 3.71. The molecule has 1 heterocycles. The summed E-state index contributed by atoms with van der Waals surface area (Å²) >= 11 is 0. The fourth-order valence-electron chi connectivity index (χ4n) is 3.71. The lowest BCUT2D eigenvalue weighted by Gasteiger charge is -2.26. The number of hydrogen-bond donors (Lipinski definition) is 2. The Hall–Kier alpha value is -3.56. The molecule has 0 bridgehead atoms. The van der Waals surface area contributed by atoms with Crippen molar-refractivity contribution < 1.29 is 9.53 Å². The van der Waals surface area contributed by atoms with Crippen LogP contribution in [0.3, 0.4) is 0 Å². The first-order valence-electron chi connectivity index (χ1n) is 10.8. The minimum Gasteiger partial charge on any atom is -0.497 e. The van der Waals surface area contributed by atoms with E-state index in [2.05, 4.69) is 16.7 Å². The summed E-state index contributed by atoms with van der Waals surface area (Å²) in [6.45, 7) is 3.66. The lowest BCUT2D eigenvalue weighted by atomic mass is 10.0. The molecule has 1 aliphatic heterocycles. The summed E-state index contributed by atoms with van der Waals surface area (Å²) in [5.41, 5.74) is 3.90. The Labute approximate surface area is 190 Å². The minimum atomic E-state index is -0.0875. The molecule has 6 nitrogen and oxygen atoms in total. The van der Waals surface area contributed by atoms with Gasteiger partial charge < -0.3 is 20.3 Å². The van der Waals surface area contributed by atoms with E-state index >= 15 is 0 Å². The lowest BCUT2D eigenvalue weighted by molar-refractivity contribution is -0.118. The molecule has 1 atom stereocenters. The van der Waals surface area contributed by atoms with Crippen LogP contribution in [0.5, 0.6) is 5.75 Å². The molecule has 0 aromatic heterocycles. The van der Waals surface area contributed by atoms with E-state index in [1.54, 1.807) is 19.2 Å². The van der Waals surface area contributed by atoms with E-state index in [0.29, 0.717) is 11.1 Å². The Kier molecular flexibility index (Phi) is 8.07.